The lowest BCUT2D eigenvalue weighted by Gasteiger charge is -2.15. The molecule has 0 saturated carbocycles. The third kappa shape index (κ3) is 7.32. The van der Waals surface area contributed by atoms with Crippen molar-refractivity contribution in [1.29, 1.82) is 0 Å². The van der Waals surface area contributed by atoms with Crippen molar-refractivity contribution < 1.29 is 32.9 Å². The molecule has 2 aromatic carbocycles. The summed E-state index contributed by atoms with van der Waals surface area (Å²) in [5.41, 5.74) is 3.89. The zero-order valence-electron chi connectivity index (χ0n) is 24.4. The molecule has 0 saturated heterocycles. The largest absolute Gasteiger partial charge is 0.484 e. The van der Waals surface area contributed by atoms with Gasteiger partial charge in [-0.05, 0) is 38.5 Å². The highest BCUT2D eigenvalue weighted by Crippen LogP contribution is 2.37. The Bertz CT molecular complexity index is 1820. The van der Waals surface area contributed by atoms with E-state index in [4.69, 9.17) is 14.2 Å². The molecular weight excluding hydrogens is 591 g/mol. The van der Waals surface area contributed by atoms with Crippen molar-refractivity contribution in [3.8, 4) is 22.2 Å². The number of carbonyl (C=O) groups is 2. The summed E-state index contributed by atoms with van der Waals surface area (Å²) in [4.78, 5) is 45.5. The molecule has 0 spiro atoms. The third-order valence-electron chi connectivity index (χ3n) is 6.24. The lowest BCUT2D eigenvalue weighted by atomic mass is 10.1. The first-order valence-electron chi connectivity index (χ1n) is 13.7. The Kier molecular flexibility index (Phi) is 9.38. The highest BCUT2D eigenvalue weighted by molar-refractivity contribution is 7.21. The first-order valence-corrected chi connectivity index (χ1v) is 14.5. The summed E-state index contributed by atoms with van der Waals surface area (Å²) in [6, 6.07) is 6.80. The minimum Gasteiger partial charge on any atom is -0.484 e. The van der Waals surface area contributed by atoms with Crippen molar-refractivity contribution in [3.05, 3.63) is 60.1 Å². The second kappa shape index (κ2) is 13.5. The molecule has 1 amide bonds. The number of thiazole rings is 1. The zero-order chi connectivity index (χ0) is 31.2. The summed E-state index contributed by atoms with van der Waals surface area (Å²) in [7, 11) is 1.31. The monoisotopic (exact) mass is 620 g/mol. The van der Waals surface area contributed by atoms with Gasteiger partial charge in [0.05, 0.1) is 65.7 Å². The van der Waals surface area contributed by atoms with Crippen molar-refractivity contribution in [2.24, 2.45) is 0 Å². The number of rotatable bonds is 11. The second-order valence-electron chi connectivity index (χ2n) is 9.71. The van der Waals surface area contributed by atoms with Crippen LogP contribution in [0.2, 0.25) is 0 Å². The smallest absolute Gasteiger partial charge is 0.411 e. The highest BCUT2D eigenvalue weighted by atomic mass is 32.1. The summed E-state index contributed by atoms with van der Waals surface area (Å²) in [5.74, 6) is -0.0752. The van der Waals surface area contributed by atoms with Crippen LogP contribution in [-0.2, 0) is 20.7 Å². The van der Waals surface area contributed by atoms with E-state index in [1.165, 1.54) is 36.9 Å². The van der Waals surface area contributed by atoms with Crippen LogP contribution in [0, 0.1) is 12.7 Å². The summed E-state index contributed by atoms with van der Waals surface area (Å²) >= 11 is 1.38. The van der Waals surface area contributed by atoms with Crippen LogP contribution in [0.25, 0.3) is 31.8 Å². The maximum absolute atomic E-state index is 15.0. The number of halogens is 1. The molecule has 0 aliphatic heterocycles. The zero-order valence-corrected chi connectivity index (χ0v) is 25.2. The maximum Gasteiger partial charge on any atom is 0.411 e. The number of amides is 1. The molecule has 0 bridgehead atoms. The number of methoxy groups -OCH3 is 1. The van der Waals surface area contributed by atoms with Gasteiger partial charge in [-0.25, -0.2) is 34.1 Å². The standard InChI is InChI=1S/C30H29FN6O6S/c1-5-41-26-14-34-28-19(8-16(2)9-22(28)36-26)29-37-21-10-20(31)23(11-24(21)44-29)43-17(3)15-42-30(39)35-18-12-32-25(33-13-18)6-7-27(38)40-4/h8-14,17H,5-7,15H2,1-4H3,(H,35,39)/t17-/m0/s1. The Hall–Kier alpha value is -4.98. The van der Waals surface area contributed by atoms with Gasteiger partial charge in [-0.3, -0.25) is 10.1 Å². The van der Waals surface area contributed by atoms with Gasteiger partial charge in [0.25, 0.3) is 0 Å². The first kappa shape index (κ1) is 30.5. The van der Waals surface area contributed by atoms with Crippen LogP contribution in [0.1, 0.15) is 31.7 Å². The number of nitrogens with one attached hydrogen (secondary N) is 1. The molecule has 44 heavy (non-hydrogen) atoms. The van der Waals surface area contributed by atoms with E-state index in [1.54, 1.807) is 19.2 Å². The van der Waals surface area contributed by atoms with Gasteiger partial charge in [0, 0.05) is 24.1 Å². The van der Waals surface area contributed by atoms with Crippen molar-refractivity contribution in [3.63, 3.8) is 0 Å². The van der Waals surface area contributed by atoms with Gasteiger partial charge in [0.1, 0.15) is 23.5 Å². The van der Waals surface area contributed by atoms with Crippen molar-refractivity contribution in [1.82, 2.24) is 24.9 Å². The number of aryl methyl sites for hydroxylation is 2. The minimum atomic E-state index is -0.753. The number of carbonyl (C=O) groups excluding carboxylic acids is 2. The van der Waals surface area contributed by atoms with E-state index in [0.717, 1.165) is 11.1 Å². The molecule has 0 aliphatic carbocycles. The number of fused-ring (bicyclic) bond motifs is 2. The number of hydrogen-bond acceptors (Lipinski definition) is 12. The number of ether oxygens (including phenoxy) is 4. The van der Waals surface area contributed by atoms with E-state index in [0.29, 0.717) is 56.7 Å². The van der Waals surface area contributed by atoms with Crippen molar-refractivity contribution in [2.75, 3.05) is 25.6 Å². The Balaban J connectivity index is 1.22. The molecular formula is C30H29FN6O6S. The fraction of sp³-hybridized carbons (Fsp3) is 0.300. The summed E-state index contributed by atoms with van der Waals surface area (Å²) < 4.78 is 36.8. The Morgan fingerprint density at radius 2 is 1.84 bits per heavy atom. The number of benzene rings is 2. The van der Waals surface area contributed by atoms with Crippen molar-refractivity contribution in [2.45, 2.75) is 39.7 Å². The van der Waals surface area contributed by atoms with E-state index in [-0.39, 0.29) is 24.7 Å². The predicted molar refractivity (Wildman–Crippen MR) is 161 cm³/mol. The van der Waals surface area contributed by atoms with Gasteiger partial charge in [-0.2, -0.15) is 0 Å². The Labute approximate surface area is 255 Å². The molecule has 12 nitrogen and oxygen atoms in total. The summed E-state index contributed by atoms with van der Waals surface area (Å²) in [6.07, 6.45) is 3.43. The maximum atomic E-state index is 15.0. The minimum absolute atomic E-state index is 0.00963. The third-order valence-corrected chi connectivity index (χ3v) is 7.29. The van der Waals surface area contributed by atoms with E-state index in [2.05, 4.69) is 35.0 Å². The average Bonchev–Trinajstić information content (AvgIpc) is 3.41. The van der Waals surface area contributed by atoms with Crippen LogP contribution < -0.4 is 14.8 Å². The number of esters is 1. The molecule has 0 unspecified atom stereocenters. The highest BCUT2D eigenvalue weighted by Gasteiger charge is 2.18. The van der Waals surface area contributed by atoms with Crippen LogP contribution in [0.4, 0.5) is 14.9 Å². The second-order valence-corrected chi connectivity index (χ2v) is 10.7. The Morgan fingerprint density at radius 1 is 1.05 bits per heavy atom. The van der Waals surface area contributed by atoms with Crippen molar-refractivity contribution >= 4 is 50.3 Å². The summed E-state index contributed by atoms with van der Waals surface area (Å²) in [5, 5.41) is 3.18. The topological polar surface area (TPSA) is 148 Å². The average molecular weight is 621 g/mol. The molecule has 228 valence electrons. The molecule has 3 heterocycles. The molecule has 14 heteroatoms. The van der Waals surface area contributed by atoms with Crippen LogP contribution in [0.3, 0.4) is 0 Å². The molecule has 5 aromatic rings. The lowest BCUT2D eigenvalue weighted by Crippen LogP contribution is -2.24. The number of aromatic nitrogens is 5. The first-order chi connectivity index (χ1) is 21.2. The molecule has 0 radical (unpaired) electrons. The van der Waals surface area contributed by atoms with Gasteiger partial charge in [0.2, 0.25) is 5.88 Å². The molecule has 5 rings (SSSR count). The van der Waals surface area contributed by atoms with E-state index < -0.39 is 18.0 Å². The molecule has 1 N–H and O–H groups in total. The van der Waals surface area contributed by atoms with Crippen LogP contribution in [0.5, 0.6) is 11.6 Å². The Morgan fingerprint density at radius 3 is 2.59 bits per heavy atom. The fourth-order valence-corrected chi connectivity index (χ4v) is 5.22. The van der Waals surface area contributed by atoms with E-state index in [1.807, 2.05) is 26.0 Å². The van der Waals surface area contributed by atoms with Crippen LogP contribution in [-0.4, -0.2) is 63.4 Å². The van der Waals surface area contributed by atoms with Gasteiger partial charge >= 0.3 is 12.1 Å². The molecule has 1 atom stereocenters. The van der Waals surface area contributed by atoms with Crippen LogP contribution in [0.15, 0.2) is 42.9 Å². The normalized spacial score (nSPS) is 11.8. The molecule has 3 aromatic heterocycles. The van der Waals surface area contributed by atoms with Gasteiger partial charge in [-0.15, -0.1) is 11.3 Å². The molecule has 0 fully saturated rings. The number of nitrogens with zero attached hydrogens (tertiary/aromatic N) is 5. The lowest BCUT2D eigenvalue weighted by molar-refractivity contribution is -0.140. The number of hydrogen-bond donors (Lipinski definition) is 1. The fourth-order valence-electron chi connectivity index (χ4n) is 4.23. The van der Waals surface area contributed by atoms with Gasteiger partial charge < -0.3 is 18.9 Å². The predicted octanol–water partition coefficient (Wildman–Crippen LogP) is 5.66. The number of anilines is 1. The van der Waals surface area contributed by atoms with Gasteiger partial charge in [0.15, 0.2) is 11.6 Å². The molecule has 0 aliphatic rings. The quantitative estimate of drug-likeness (QED) is 0.182. The SMILES string of the molecule is CCOc1cnc2c(-c3nc4cc(F)c(O[C@@H](C)COC(=O)Nc5cnc(CCC(=O)OC)nc5)cc4s3)cc(C)cc2n1. The van der Waals surface area contributed by atoms with Gasteiger partial charge in [-0.1, -0.05) is 0 Å². The van der Waals surface area contributed by atoms with E-state index >= 15 is 4.39 Å². The summed E-state index contributed by atoms with van der Waals surface area (Å²) in [6.45, 7) is 5.83. The van der Waals surface area contributed by atoms with Crippen LogP contribution >= 0.6 is 11.3 Å². The van der Waals surface area contributed by atoms with E-state index in [9.17, 15) is 9.59 Å².